The number of fused-ring (bicyclic) bond motifs is 1. The third-order valence-electron chi connectivity index (χ3n) is 6.97. The van der Waals surface area contributed by atoms with Gasteiger partial charge in [-0.2, -0.15) is 0 Å². The molecule has 160 valence electrons. The summed E-state index contributed by atoms with van der Waals surface area (Å²) >= 11 is 0. The summed E-state index contributed by atoms with van der Waals surface area (Å²) in [6.45, 7) is 4.48. The van der Waals surface area contributed by atoms with E-state index < -0.39 is 0 Å². The van der Waals surface area contributed by atoms with Crippen molar-refractivity contribution in [2.45, 2.75) is 71.1 Å². The Balaban J connectivity index is 1.51. The zero-order valence-electron chi connectivity index (χ0n) is 18.9. The molecule has 0 amide bonds. The molecule has 1 fully saturated rings. The van der Waals surface area contributed by atoms with E-state index in [9.17, 15) is 0 Å². The van der Waals surface area contributed by atoms with Crippen molar-refractivity contribution >= 4 is 10.8 Å². The van der Waals surface area contributed by atoms with Crippen molar-refractivity contribution in [3.8, 4) is 11.8 Å². The lowest BCUT2D eigenvalue weighted by molar-refractivity contribution is 0.315. The largest absolute Gasteiger partial charge is 0.206 e. The van der Waals surface area contributed by atoms with Gasteiger partial charge in [0.1, 0.15) is 5.82 Å². The molecule has 0 aliphatic heterocycles. The maximum atomic E-state index is 15.3. The van der Waals surface area contributed by atoms with Crippen molar-refractivity contribution in [2.75, 3.05) is 0 Å². The summed E-state index contributed by atoms with van der Waals surface area (Å²) in [5, 5.41) is 1.66. The zero-order valence-corrected chi connectivity index (χ0v) is 18.9. The van der Waals surface area contributed by atoms with Crippen molar-refractivity contribution in [1.82, 2.24) is 0 Å². The highest BCUT2D eigenvalue weighted by molar-refractivity contribution is 5.85. The van der Waals surface area contributed by atoms with Gasteiger partial charge < -0.3 is 0 Å². The molecule has 4 rings (SSSR count). The van der Waals surface area contributed by atoms with Gasteiger partial charge in [-0.3, -0.25) is 0 Å². The van der Waals surface area contributed by atoms with Crippen LogP contribution in [0, 0.1) is 23.6 Å². The Morgan fingerprint density at radius 3 is 2.26 bits per heavy atom. The molecule has 0 unspecified atom stereocenters. The van der Waals surface area contributed by atoms with Gasteiger partial charge in [0.05, 0.1) is 0 Å². The Morgan fingerprint density at radius 1 is 0.839 bits per heavy atom. The Labute approximate surface area is 186 Å². The molecule has 0 radical (unpaired) electrons. The number of unbranched alkanes of at least 4 members (excludes halogenated alkanes) is 1. The highest BCUT2D eigenvalue weighted by Crippen LogP contribution is 2.39. The van der Waals surface area contributed by atoms with Gasteiger partial charge in [0, 0.05) is 16.5 Å². The van der Waals surface area contributed by atoms with Crippen LogP contribution in [0.1, 0.15) is 87.0 Å². The minimum atomic E-state index is -0.0281. The van der Waals surface area contributed by atoms with Gasteiger partial charge in [-0.25, -0.2) is 4.39 Å². The lowest BCUT2D eigenvalue weighted by Crippen LogP contribution is -2.13. The quantitative estimate of drug-likeness (QED) is 0.369. The zero-order chi connectivity index (χ0) is 21.6. The van der Waals surface area contributed by atoms with E-state index in [1.807, 2.05) is 24.3 Å². The molecule has 1 aliphatic carbocycles. The fourth-order valence-electron chi connectivity index (χ4n) is 4.86. The molecule has 31 heavy (non-hydrogen) atoms. The van der Waals surface area contributed by atoms with Crippen LogP contribution < -0.4 is 0 Å². The molecule has 0 saturated heterocycles. The van der Waals surface area contributed by atoms with Crippen LogP contribution in [0.2, 0.25) is 0 Å². The summed E-state index contributed by atoms with van der Waals surface area (Å²) in [7, 11) is 0. The topological polar surface area (TPSA) is 0 Å². The predicted octanol–water partition coefficient (Wildman–Crippen LogP) is 8.41. The average molecular weight is 413 g/mol. The third kappa shape index (κ3) is 5.19. The van der Waals surface area contributed by atoms with Gasteiger partial charge in [-0.1, -0.05) is 68.9 Å². The maximum Gasteiger partial charge on any atom is 0.134 e. The monoisotopic (exact) mass is 412 g/mol. The van der Waals surface area contributed by atoms with Crippen molar-refractivity contribution in [1.29, 1.82) is 0 Å². The molecule has 0 nitrogen and oxygen atoms in total. The Kier molecular flexibility index (Phi) is 7.08. The van der Waals surface area contributed by atoms with E-state index in [1.165, 1.54) is 37.7 Å². The summed E-state index contributed by atoms with van der Waals surface area (Å²) in [5.74, 6) is 7.67. The number of halogens is 1. The molecule has 0 aromatic heterocycles. The van der Waals surface area contributed by atoms with Crippen molar-refractivity contribution in [2.24, 2.45) is 5.92 Å². The molecule has 0 spiro atoms. The third-order valence-corrected chi connectivity index (χ3v) is 6.97. The highest BCUT2D eigenvalue weighted by atomic mass is 19.1. The first-order valence-electron chi connectivity index (χ1n) is 12.0. The molecule has 3 aromatic rings. The Hall–Kier alpha value is -2.59. The molecular weight excluding hydrogens is 379 g/mol. The van der Waals surface area contributed by atoms with Gasteiger partial charge in [-0.15, -0.1) is 0 Å². The van der Waals surface area contributed by atoms with Crippen LogP contribution >= 0.6 is 0 Å². The molecule has 0 N–H and O–H groups in total. The van der Waals surface area contributed by atoms with E-state index >= 15 is 4.39 Å². The highest BCUT2D eigenvalue weighted by Gasteiger charge is 2.24. The van der Waals surface area contributed by atoms with Gasteiger partial charge in [0.2, 0.25) is 0 Å². The minimum Gasteiger partial charge on any atom is -0.206 e. The van der Waals surface area contributed by atoms with Gasteiger partial charge in [0.15, 0.2) is 0 Å². The minimum absolute atomic E-state index is 0.0281. The second kappa shape index (κ2) is 10.1. The van der Waals surface area contributed by atoms with E-state index in [4.69, 9.17) is 0 Å². The standard InChI is InChI=1S/C30H33F/c1-3-5-6-23-7-9-24(10-8-23)11-12-25-15-19-29-27(21-25)18-20-28(30(29)31)26-16-13-22(4-2)14-17-26/h7-10,15,18-22,26H,3-6,13-14,16-17H2,1-2H3. The smallest absolute Gasteiger partial charge is 0.134 e. The Bertz CT molecular complexity index is 1070. The van der Waals surface area contributed by atoms with Crippen LogP contribution in [0.4, 0.5) is 4.39 Å². The lowest BCUT2D eigenvalue weighted by Gasteiger charge is -2.28. The van der Waals surface area contributed by atoms with Crippen molar-refractivity contribution < 1.29 is 4.39 Å². The van der Waals surface area contributed by atoms with Crippen LogP contribution in [0.3, 0.4) is 0 Å². The van der Waals surface area contributed by atoms with Crippen LogP contribution in [0.25, 0.3) is 10.8 Å². The molecule has 0 atom stereocenters. The number of hydrogen-bond acceptors (Lipinski definition) is 0. The van der Waals surface area contributed by atoms with Gasteiger partial charge in [-0.05, 0) is 91.1 Å². The van der Waals surface area contributed by atoms with Crippen LogP contribution in [-0.2, 0) is 6.42 Å². The molecular formula is C30H33F. The number of rotatable bonds is 5. The molecule has 1 heteroatoms. The Morgan fingerprint density at radius 2 is 1.55 bits per heavy atom. The van der Waals surface area contributed by atoms with E-state index in [-0.39, 0.29) is 5.82 Å². The first kappa shape index (κ1) is 21.6. The summed E-state index contributed by atoms with van der Waals surface area (Å²) in [6, 6.07) is 18.5. The number of benzene rings is 3. The van der Waals surface area contributed by atoms with Gasteiger partial charge in [0.25, 0.3) is 0 Å². The maximum absolute atomic E-state index is 15.3. The van der Waals surface area contributed by atoms with Gasteiger partial charge >= 0.3 is 0 Å². The first-order chi connectivity index (χ1) is 15.2. The van der Waals surface area contributed by atoms with Crippen LogP contribution in [0.5, 0.6) is 0 Å². The summed E-state index contributed by atoms with van der Waals surface area (Å²) in [4.78, 5) is 0. The SMILES string of the molecule is CCCCc1ccc(C#Cc2ccc3c(F)c(C4CCC(CC)CC4)ccc3c2)cc1. The second-order valence-electron chi connectivity index (χ2n) is 9.08. The number of hydrogen-bond donors (Lipinski definition) is 0. The molecule has 0 heterocycles. The fourth-order valence-corrected chi connectivity index (χ4v) is 4.86. The van der Waals surface area contributed by atoms with E-state index in [1.54, 1.807) is 0 Å². The molecule has 1 aliphatic rings. The number of aryl methyl sites for hydroxylation is 1. The van der Waals surface area contributed by atoms with Crippen molar-refractivity contribution in [3.05, 3.63) is 82.7 Å². The van der Waals surface area contributed by atoms with Crippen LogP contribution in [-0.4, -0.2) is 0 Å². The molecule has 0 bridgehead atoms. The van der Waals surface area contributed by atoms with E-state index in [2.05, 4.69) is 56.0 Å². The lowest BCUT2D eigenvalue weighted by atomic mass is 9.77. The normalized spacial score (nSPS) is 18.5. The average Bonchev–Trinajstić information content (AvgIpc) is 2.82. The predicted molar refractivity (Wildman–Crippen MR) is 130 cm³/mol. The van der Waals surface area contributed by atoms with Crippen molar-refractivity contribution in [3.63, 3.8) is 0 Å². The van der Waals surface area contributed by atoms with E-state index in [0.29, 0.717) is 5.92 Å². The summed E-state index contributed by atoms with van der Waals surface area (Å²) in [6.07, 6.45) is 9.50. The fraction of sp³-hybridized carbons (Fsp3) is 0.400. The summed E-state index contributed by atoms with van der Waals surface area (Å²) < 4.78 is 15.3. The molecule has 1 saturated carbocycles. The summed E-state index contributed by atoms with van der Waals surface area (Å²) in [5.41, 5.74) is 4.22. The second-order valence-corrected chi connectivity index (χ2v) is 9.08. The first-order valence-corrected chi connectivity index (χ1v) is 12.0. The van der Waals surface area contributed by atoms with Crippen LogP contribution in [0.15, 0.2) is 54.6 Å². The van der Waals surface area contributed by atoms with E-state index in [0.717, 1.165) is 52.6 Å². The molecule has 3 aromatic carbocycles.